The van der Waals surface area contributed by atoms with Crippen molar-refractivity contribution in [3.8, 4) is 11.5 Å². The lowest BCUT2D eigenvalue weighted by Gasteiger charge is -2.02. The van der Waals surface area contributed by atoms with E-state index < -0.39 is 0 Å². The molecule has 0 bridgehead atoms. The molecule has 5 nitrogen and oxygen atoms in total. The van der Waals surface area contributed by atoms with Crippen LogP contribution in [0.3, 0.4) is 0 Å². The zero-order valence-corrected chi connectivity index (χ0v) is 9.63. The first-order valence-corrected chi connectivity index (χ1v) is 5.77. The summed E-state index contributed by atoms with van der Waals surface area (Å²) < 4.78 is 5.25. The second-order valence-electron chi connectivity index (χ2n) is 4.46. The molecule has 0 amide bonds. The van der Waals surface area contributed by atoms with E-state index in [1.54, 1.807) is 6.20 Å². The van der Waals surface area contributed by atoms with Gasteiger partial charge in [-0.05, 0) is 37.8 Å². The second-order valence-corrected chi connectivity index (χ2v) is 4.46. The predicted molar refractivity (Wildman–Crippen MR) is 61.9 cm³/mol. The van der Waals surface area contributed by atoms with Gasteiger partial charge in [0, 0.05) is 11.9 Å². The Labute approximate surface area is 99.1 Å². The van der Waals surface area contributed by atoms with Crippen LogP contribution in [-0.4, -0.2) is 15.1 Å². The minimum absolute atomic E-state index is 0.0931. The monoisotopic (exact) mass is 230 g/mol. The smallest absolute Gasteiger partial charge is 0.259 e. The zero-order valence-electron chi connectivity index (χ0n) is 9.63. The molecule has 2 aromatic heterocycles. The van der Waals surface area contributed by atoms with Crippen LogP contribution in [0.2, 0.25) is 0 Å². The van der Waals surface area contributed by atoms with E-state index in [0.29, 0.717) is 17.6 Å². The van der Waals surface area contributed by atoms with Gasteiger partial charge in [-0.15, -0.1) is 0 Å². The number of hydrogen-bond acceptors (Lipinski definition) is 5. The maximum absolute atomic E-state index is 6.03. The highest BCUT2D eigenvalue weighted by molar-refractivity contribution is 5.55. The van der Waals surface area contributed by atoms with Gasteiger partial charge in [0.05, 0.1) is 11.6 Å². The third-order valence-corrected chi connectivity index (χ3v) is 3.11. The van der Waals surface area contributed by atoms with Gasteiger partial charge in [-0.1, -0.05) is 5.16 Å². The Kier molecular flexibility index (Phi) is 2.40. The zero-order chi connectivity index (χ0) is 11.8. The summed E-state index contributed by atoms with van der Waals surface area (Å²) in [5.41, 5.74) is 7.78. The largest absolute Gasteiger partial charge is 0.334 e. The highest BCUT2D eigenvalue weighted by Crippen LogP contribution is 2.38. The van der Waals surface area contributed by atoms with Gasteiger partial charge < -0.3 is 10.3 Å². The standard InChI is InChI=1S/C12H14N4O/c1-7-9(3-2-6-14-7)12-15-11(16-17-12)10(13)8-4-5-8/h2-3,6,8,10H,4-5,13H2,1H3. The molecule has 0 aromatic carbocycles. The van der Waals surface area contributed by atoms with Crippen LogP contribution in [0.4, 0.5) is 0 Å². The summed E-state index contributed by atoms with van der Waals surface area (Å²) >= 11 is 0. The van der Waals surface area contributed by atoms with Crippen molar-refractivity contribution in [1.29, 1.82) is 0 Å². The van der Waals surface area contributed by atoms with E-state index in [1.165, 1.54) is 0 Å². The summed E-state index contributed by atoms with van der Waals surface area (Å²) in [6.07, 6.45) is 4.07. The normalized spacial score (nSPS) is 17.1. The summed E-state index contributed by atoms with van der Waals surface area (Å²) in [7, 11) is 0. The molecule has 2 N–H and O–H groups in total. The molecule has 88 valence electrons. The summed E-state index contributed by atoms with van der Waals surface area (Å²) in [5, 5.41) is 3.96. The maximum atomic E-state index is 6.03. The molecule has 1 aliphatic rings. The van der Waals surface area contributed by atoms with Crippen LogP contribution < -0.4 is 5.73 Å². The summed E-state index contributed by atoms with van der Waals surface area (Å²) in [6, 6.07) is 3.68. The second kappa shape index (κ2) is 3.92. The molecule has 3 rings (SSSR count). The van der Waals surface area contributed by atoms with Crippen molar-refractivity contribution in [3.63, 3.8) is 0 Å². The van der Waals surface area contributed by atoms with Gasteiger partial charge in [0.25, 0.3) is 5.89 Å². The maximum Gasteiger partial charge on any atom is 0.259 e. The van der Waals surface area contributed by atoms with Crippen molar-refractivity contribution < 1.29 is 4.52 Å². The highest BCUT2D eigenvalue weighted by Gasteiger charge is 2.32. The van der Waals surface area contributed by atoms with E-state index in [2.05, 4.69) is 15.1 Å². The van der Waals surface area contributed by atoms with Crippen molar-refractivity contribution >= 4 is 0 Å². The number of nitrogens with zero attached hydrogens (tertiary/aromatic N) is 3. The molecule has 0 saturated heterocycles. The van der Waals surface area contributed by atoms with Crippen molar-refractivity contribution in [2.45, 2.75) is 25.8 Å². The summed E-state index contributed by atoms with van der Waals surface area (Å²) in [6.45, 7) is 1.92. The fourth-order valence-electron chi connectivity index (χ4n) is 1.86. The first-order valence-electron chi connectivity index (χ1n) is 5.77. The van der Waals surface area contributed by atoms with Gasteiger partial charge in [0.15, 0.2) is 5.82 Å². The van der Waals surface area contributed by atoms with Crippen LogP contribution in [0.25, 0.3) is 11.5 Å². The molecular weight excluding hydrogens is 216 g/mol. The van der Waals surface area contributed by atoms with Crippen molar-refractivity contribution in [1.82, 2.24) is 15.1 Å². The number of pyridine rings is 1. The quantitative estimate of drug-likeness (QED) is 0.870. The lowest BCUT2D eigenvalue weighted by molar-refractivity contribution is 0.411. The van der Waals surface area contributed by atoms with Crippen LogP contribution in [-0.2, 0) is 0 Å². The molecule has 1 unspecified atom stereocenters. The molecule has 1 fully saturated rings. The molecular formula is C12H14N4O. The van der Waals surface area contributed by atoms with Gasteiger partial charge in [0.2, 0.25) is 0 Å². The van der Waals surface area contributed by atoms with Gasteiger partial charge in [-0.3, -0.25) is 4.98 Å². The number of hydrogen-bond donors (Lipinski definition) is 1. The fraction of sp³-hybridized carbons (Fsp3) is 0.417. The van der Waals surface area contributed by atoms with Crippen molar-refractivity contribution in [2.75, 3.05) is 0 Å². The molecule has 2 aromatic rings. The first-order chi connectivity index (χ1) is 8.25. The molecule has 0 radical (unpaired) electrons. The minimum Gasteiger partial charge on any atom is -0.334 e. The van der Waals surface area contributed by atoms with Crippen molar-refractivity contribution in [2.24, 2.45) is 11.7 Å². The fourth-order valence-corrected chi connectivity index (χ4v) is 1.86. The van der Waals surface area contributed by atoms with Crippen LogP contribution in [0.5, 0.6) is 0 Å². The Morgan fingerprint density at radius 2 is 2.29 bits per heavy atom. The average Bonchev–Trinajstić information content (AvgIpc) is 3.07. The Morgan fingerprint density at radius 3 is 3.00 bits per heavy atom. The SMILES string of the molecule is Cc1ncccc1-c1nc(C(N)C2CC2)no1. The van der Waals surface area contributed by atoms with Crippen LogP contribution in [0, 0.1) is 12.8 Å². The molecule has 1 saturated carbocycles. The minimum atomic E-state index is -0.0931. The molecule has 2 heterocycles. The van der Waals surface area contributed by atoms with Crippen LogP contribution in [0.15, 0.2) is 22.9 Å². The van der Waals surface area contributed by atoms with E-state index >= 15 is 0 Å². The van der Waals surface area contributed by atoms with Crippen molar-refractivity contribution in [3.05, 3.63) is 29.8 Å². The number of aryl methyl sites for hydroxylation is 1. The van der Waals surface area contributed by atoms with Crippen LogP contribution >= 0.6 is 0 Å². The molecule has 17 heavy (non-hydrogen) atoms. The Morgan fingerprint density at radius 1 is 1.47 bits per heavy atom. The molecule has 1 aliphatic carbocycles. The molecule has 0 spiro atoms. The summed E-state index contributed by atoms with van der Waals surface area (Å²) in [5.74, 6) is 1.63. The van der Waals surface area contributed by atoms with Gasteiger partial charge in [-0.2, -0.15) is 4.98 Å². The van der Waals surface area contributed by atoms with Gasteiger partial charge in [-0.25, -0.2) is 0 Å². The Bertz CT molecular complexity index is 533. The van der Waals surface area contributed by atoms with E-state index in [-0.39, 0.29) is 6.04 Å². The third kappa shape index (κ3) is 1.93. The third-order valence-electron chi connectivity index (χ3n) is 3.11. The number of aromatic nitrogens is 3. The topological polar surface area (TPSA) is 77.8 Å². The van der Waals surface area contributed by atoms with E-state index in [4.69, 9.17) is 10.3 Å². The van der Waals surface area contributed by atoms with E-state index in [9.17, 15) is 0 Å². The average molecular weight is 230 g/mol. The predicted octanol–water partition coefficient (Wildman–Crippen LogP) is 1.85. The first kappa shape index (κ1) is 10.4. The van der Waals surface area contributed by atoms with E-state index in [1.807, 2.05) is 19.1 Å². The van der Waals surface area contributed by atoms with Gasteiger partial charge >= 0.3 is 0 Å². The Balaban J connectivity index is 1.92. The highest BCUT2D eigenvalue weighted by atomic mass is 16.5. The Hall–Kier alpha value is -1.75. The lowest BCUT2D eigenvalue weighted by Crippen LogP contribution is -2.13. The molecule has 1 atom stereocenters. The van der Waals surface area contributed by atoms with Crippen LogP contribution in [0.1, 0.15) is 30.4 Å². The lowest BCUT2D eigenvalue weighted by atomic mass is 10.2. The number of nitrogens with two attached hydrogens (primary N) is 1. The molecule has 0 aliphatic heterocycles. The molecule has 5 heteroatoms. The summed E-state index contributed by atoms with van der Waals surface area (Å²) in [4.78, 5) is 8.56. The van der Waals surface area contributed by atoms with Gasteiger partial charge in [0.1, 0.15) is 0 Å². The number of rotatable bonds is 3. The van der Waals surface area contributed by atoms with E-state index in [0.717, 1.165) is 24.1 Å².